The van der Waals surface area contributed by atoms with Gasteiger partial charge in [-0.3, -0.25) is 14.2 Å². The zero-order valence-electron chi connectivity index (χ0n) is 14.8. The van der Waals surface area contributed by atoms with Gasteiger partial charge in [0.2, 0.25) is 5.91 Å². The normalized spacial score (nSPS) is 10.7. The number of nitriles is 1. The summed E-state index contributed by atoms with van der Waals surface area (Å²) in [7, 11) is 0. The molecule has 0 aliphatic rings. The van der Waals surface area contributed by atoms with E-state index in [1.54, 1.807) is 28.8 Å². The molecule has 0 radical (unpaired) electrons. The van der Waals surface area contributed by atoms with Crippen molar-refractivity contribution in [3.63, 3.8) is 0 Å². The van der Waals surface area contributed by atoms with Gasteiger partial charge in [-0.05, 0) is 36.1 Å². The van der Waals surface area contributed by atoms with Gasteiger partial charge in [0.05, 0.1) is 22.9 Å². The molecule has 0 unspecified atom stereocenters. The molecule has 0 bridgehead atoms. The minimum atomic E-state index is -0.211. The number of amides is 1. The Balaban J connectivity index is 1.76. The Kier molecular flexibility index (Phi) is 6.27. The molecule has 3 aromatic rings. The third kappa shape index (κ3) is 4.56. The molecule has 3 rings (SSSR count). The molecule has 1 N–H and O–H groups in total. The van der Waals surface area contributed by atoms with Crippen LogP contribution in [-0.4, -0.2) is 21.2 Å². The average Bonchev–Trinajstić information content (AvgIpc) is 3.15. The van der Waals surface area contributed by atoms with Crippen LogP contribution in [0, 0.1) is 11.3 Å². The summed E-state index contributed by atoms with van der Waals surface area (Å²) >= 11 is 2.64. The van der Waals surface area contributed by atoms with Crippen LogP contribution < -0.4 is 10.9 Å². The average molecular weight is 399 g/mol. The van der Waals surface area contributed by atoms with Crippen LogP contribution in [0.15, 0.2) is 45.7 Å². The largest absolute Gasteiger partial charge is 0.325 e. The lowest BCUT2D eigenvalue weighted by atomic mass is 10.2. The second-order valence-electron chi connectivity index (χ2n) is 5.87. The van der Waals surface area contributed by atoms with E-state index in [1.165, 1.54) is 23.1 Å². The van der Waals surface area contributed by atoms with Crippen molar-refractivity contribution < 1.29 is 4.79 Å². The molecule has 1 amide bonds. The third-order valence-electron chi connectivity index (χ3n) is 3.87. The fourth-order valence-electron chi connectivity index (χ4n) is 2.54. The van der Waals surface area contributed by atoms with E-state index in [4.69, 9.17) is 5.26 Å². The molecule has 0 aliphatic heterocycles. The Hall–Kier alpha value is -2.63. The fourth-order valence-corrected chi connectivity index (χ4v) is 4.14. The van der Waals surface area contributed by atoms with Crippen molar-refractivity contribution in [1.29, 1.82) is 5.26 Å². The lowest BCUT2D eigenvalue weighted by Crippen LogP contribution is -2.23. The first-order valence-electron chi connectivity index (χ1n) is 8.53. The molecule has 0 saturated carbocycles. The SMILES string of the molecule is CCCCn1c(SCC(=O)Nc2cccc(C#N)c2)nc2ccsc2c1=O. The van der Waals surface area contributed by atoms with Crippen LogP contribution in [0.25, 0.3) is 10.2 Å². The Morgan fingerprint density at radius 1 is 1.41 bits per heavy atom. The maximum atomic E-state index is 12.7. The van der Waals surface area contributed by atoms with Crippen molar-refractivity contribution in [3.8, 4) is 6.07 Å². The predicted molar refractivity (Wildman–Crippen MR) is 109 cm³/mol. The van der Waals surface area contributed by atoms with Gasteiger partial charge < -0.3 is 5.32 Å². The first kappa shape index (κ1) is 19.1. The number of unbranched alkanes of at least 4 members (excludes halogenated alkanes) is 1. The number of fused-ring (bicyclic) bond motifs is 1. The molecule has 0 saturated heterocycles. The lowest BCUT2D eigenvalue weighted by molar-refractivity contribution is -0.113. The van der Waals surface area contributed by atoms with Gasteiger partial charge in [-0.2, -0.15) is 5.26 Å². The smallest absolute Gasteiger partial charge is 0.272 e. The highest BCUT2D eigenvalue weighted by Crippen LogP contribution is 2.21. The van der Waals surface area contributed by atoms with E-state index in [1.807, 2.05) is 17.5 Å². The maximum absolute atomic E-state index is 12.7. The summed E-state index contributed by atoms with van der Waals surface area (Å²) in [6, 6.07) is 10.6. The van der Waals surface area contributed by atoms with Gasteiger partial charge >= 0.3 is 0 Å². The summed E-state index contributed by atoms with van der Waals surface area (Å²) in [6.07, 6.45) is 1.84. The summed E-state index contributed by atoms with van der Waals surface area (Å²) < 4.78 is 2.31. The second kappa shape index (κ2) is 8.84. The maximum Gasteiger partial charge on any atom is 0.272 e. The van der Waals surface area contributed by atoms with Crippen LogP contribution in [-0.2, 0) is 11.3 Å². The monoisotopic (exact) mass is 398 g/mol. The van der Waals surface area contributed by atoms with Gasteiger partial charge in [0, 0.05) is 12.2 Å². The highest BCUT2D eigenvalue weighted by molar-refractivity contribution is 7.99. The second-order valence-corrected chi connectivity index (χ2v) is 7.73. The predicted octanol–water partition coefficient (Wildman–Crippen LogP) is 3.86. The summed E-state index contributed by atoms with van der Waals surface area (Å²) in [5.41, 5.74) is 1.68. The summed E-state index contributed by atoms with van der Waals surface area (Å²) in [5, 5.41) is 14.1. The number of benzene rings is 1. The number of nitrogens with zero attached hydrogens (tertiary/aromatic N) is 3. The zero-order chi connectivity index (χ0) is 19.2. The molecule has 6 nitrogen and oxygen atoms in total. The fraction of sp³-hybridized carbons (Fsp3) is 0.263. The van der Waals surface area contributed by atoms with Crippen LogP contribution in [0.3, 0.4) is 0 Å². The standard InChI is InChI=1S/C19H18N4O2S2/c1-2-3-8-23-18(25)17-15(7-9-26-17)22-19(23)27-12-16(24)21-14-6-4-5-13(10-14)11-20/h4-7,9-10H,2-3,8,12H2,1H3,(H,21,24). The molecule has 2 aromatic heterocycles. The van der Waals surface area contributed by atoms with Gasteiger partial charge in [0.1, 0.15) is 4.70 Å². The highest BCUT2D eigenvalue weighted by Gasteiger charge is 2.14. The van der Waals surface area contributed by atoms with Gasteiger partial charge in [-0.15, -0.1) is 11.3 Å². The van der Waals surface area contributed by atoms with E-state index in [9.17, 15) is 9.59 Å². The van der Waals surface area contributed by atoms with Gasteiger partial charge in [0.25, 0.3) is 5.56 Å². The number of hydrogen-bond donors (Lipinski definition) is 1. The number of nitrogens with one attached hydrogen (secondary N) is 1. The molecule has 8 heteroatoms. The molecular weight excluding hydrogens is 380 g/mol. The molecule has 1 aromatic carbocycles. The van der Waals surface area contributed by atoms with E-state index in [0.29, 0.717) is 33.2 Å². The number of aromatic nitrogens is 2. The van der Waals surface area contributed by atoms with E-state index in [2.05, 4.69) is 17.2 Å². The van der Waals surface area contributed by atoms with Gasteiger partial charge in [-0.25, -0.2) is 4.98 Å². The number of carbonyl (C=O) groups is 1. The Morgan fingerprint density at radius 3 is 3.04 bits per heavy atom. The van der Waals surface area contributed by atoms with Gasteiger partial charge in [-0.1, -0.05) is 31.2 Å². The van der Waals surface area contributed by atoms with Crippen molar-refractivity contribution in [2.24, 2.45) is 0 Å². The van der Waals surface area contributed by atoms with E-state index < -0.39 is 0 Å². The van der Waals surface area contributed by atoms with Crippen LogP contribution in [0.1, 0.15) is 25.3 Å². The topological polar surface area (TPSA) is 87.8 Å². The number of carbonyl (C=O) groups excluding carboxylic acids is 1. The Bertz CT molecular complexity index is 1070. The van der Waals surface area contributed by atoms with Crippen molar-refractivity contribution in [2.45, 2.75) is 31.5 Å². The number of thioether (sulfide) groups is 1. The molecule has 27 heavy (non-hydrogen) atoms. The molecule has 2 heterocycles. The molecule has 138 valence electrons. The van der Waals surface area contributed by atoms with Crippen molar-refractivity contribution in [3.05, 3.63) is 51.6 Å². The number of hydrogen-bond acceptors (Lipinski definition) is 6. The molecule has 0 fully saturated rings. The summed E-state index contributed by atoms with van der Waals surface area (Å²) in [6.45, 7) is 2.65. The first-order valence-corrected chi connectivity index (χ1v) is 10.4. The number of rotatable bonds is 7. The highest BCUT2D eigenvalue weighted by atomic mass is 32.2. The van der Waals surface area contributed by atoms with Crippen molar-refractivity contribution in [1.82, 2.24) is 9.55 Å². The Labute approximate surface area is 164 Å². The lowest BCUT2D eigenvalue weighted by Gasteiger charge is -2.11. The third-order valence-corrected chi connectivity index (χ3v) is 5.74. The van der Waals surface area contributed by atoms with E-state index in [-0.39, 0.29) is 17.2 Å². The Morgan fingerprint density at radius 2 is 2.26 bits per heavy atom. The van der Waals surface area contributed by atoms with E-state index in [0.717, 1.165) is 12.8 Å². The molecule has 0 atom stereocenters. The van der Waals surface area contributed by atoms with Crippen LogP contribution in [0.5, 0.6) is 0 Å². The van der Waals surface area contributed by atoms with Crippen LogP contribution in [0.2, 0.25) is 0 Å². The molecular formula is C19H18N4O2S2. The minimum Gasteiger partial charge on any atom is -0.325 e. The molecule has 0 spiro atoms. The zero-order valence-corrected chi connectivity index (χ0v) is 16.4. The van der Waals surface area contributed by atoms with Crippen LogP contribution >= 0.6 is 23.1 Å². The first-order chi connectivity index (χ1) is 13.1. The van der Waals surface area contributed by atoms with Crippen molar-refractivity contribution >= 4 is 44.9 Å². The molecule has 0 aliphatic carbocycles. The van der Waals surface area contributed by atoms with E-state index >= 15 is 0 Å². The number of anilines is 1. The minimum absolute atomic E-state index is 0.0481. The summed E-state index contributed by atoms with van der Waals surface area (Å²) in [4.78, 5) is 29.6. The quantitative estimate of drug-likeness (QED) is 0.482. The van der Waals surface area contributed by atoms with Gasteiger partial charge in [0.15, 0.2) is 5.16 Å². The summed E-state index contributed by atoms with van der Waals surface area (Å²) in [5.74, 6) is -0.0813. The van der Waals surface area contributed by atoms with Crippen LogP contribution in [0.4, 0.5) is 5.69 Å². The van der Waals surface area contributed by atoms with Crippen molar-refractivity contribution in [2.75, 3.05) is 11.1 Å². The number of thiophene rings is 1.